The Morgan fingerprint density at radius 1 is 0.471 bits per heavy atom. The van der Waals surface area contributed by atoms with E-state index in [1.165, 1.54) is 122 Å². The normalized spacial score (nSPS) is 19.3. The zero-order valence-corrected chi connectivity index (χ0v) is 42.8. The topological polar surface area (TPSA) is 169 Å². The van der Waals surface area contributed by atoms with Crippen LogP contribution in [0.3, 0.4) is 0 Å². The van der Waals surface area contributed by atoms with Gasteiger partial charge in [-0.3, -0.25) is 9.59 Å². The molecule has 0 aromatic rings. The van der Waals surface area contributed by atoms with Gasteiger partial charge >= 0.3 is 17.9 Å². The van der Waals surface area contributed by atoms with Gasteiger partial charge in [0.05, 0.1) is 6.61 Å². The lowest BCUT2D eigenvalue weighted by atomic mass is 9.99. The molecule has 6 unspecified atom stereocenters. The van der Waals surface area contributed by atoms with Gasteiger partial charge in [-0.05, 0) is 77.0 Å². The van der Waals surface area contributed by atoms with Gasteiger partial charge in [-0.1, -0.05) is 203 Å². The number of aliphatic carboxylic acids is 1. The molecule has 6 atom stereocenters. The molecule has 0 aromatic heterocycles. The maximum absolute atomic E-state index is 12.9. The predicted octanol–water partition coefficient (Wildman–Crippen LogP) is 13.4. The van der Waals surface area contributed by atoms with E-state index < -0.39 is 61.3 Å². The van der Waals surface area contributed by atoms with Crippen LogP contribution in [0.5, 0.6) is 0 Å². The highest BCUT2D eigenvalue weighted by Gasteiger charge is 2.47. The molecule has 1 fully saturated rings. The van der Waals surface area contributed by atoms with Crippen LogP contribution in [0.4, 0.5) is 0 Å². The largest absolute Gasteiger partial charge is 0.479 e. The van der Waals surface area contributed by atoms with E-state index in [2.05, 4.69) is 74.6 Å². The summed E-state index contributed by atoms with van der Waals surface area (Å²) in [5.74, 6) is -2.45. The van der Waals surface area contributed by atoms with E-state index >= 15 is 0 Å². The van der Waals surface area contributed by atoms with Crippen molar-refractivity contribution < 1.29 is 53.8 Å². The van der Waals surface area contributed by atoms with Crippen molar-refractivity contribution in [2.45, 2.75) is 269 Å². The van der Waals surface area contributed by atoms with Gasteiger partial charge < -0.3 is 39.4 Å². The van der Waals surface area contributed by atoms with Gasteiger partial charge in [0.2, 0.25) is 0 Å². The molecule has 0 aromatic carbocycles. The summed E-state index contributed by atoms with van der Waals surface area (Å²) < 4.78 is 21.9. The van der Waals surface area contributed by atoms with E-state index in [9.17, 15) is 34.8 Å². The van der Waals surface area contributed by atoms with Crippen molar-refractivity contribution in [2.75, 3.05) is 13.2 Å². The highest BCUT2D eigenvalue weighted by Crippen LogP contribution is 2.23. The van der Waals surface area contributed by atoms with Crippen molar-refractivity contribution in [3.63, 3.8) is 0 Å². The fraction of sp³-hybridized carbons (Fsp3) is 0.772. The Balaban J connectivity index is 2.28. The van der Waals surface area contributed by atoms with E-state index in [1.807, 2.05) is 0 Å². The molecule has 0 aliphatic carbocycles. The maximum atomic E-state index is 12.9. The Morgan fingerprint density at radius 3 is 1.32 bits per heavy atom. The summed E-state index contributed by atoms with van der Waals surface area (Å²) in [6, 6.07) is 0. The monoisotopic (exact) mass is 959 g/mol. The van der Waals surface area contributed by atoms with Crippen molar-refractivity contribution >= 4 is 17.9 Å². The number of carbonyl (C=O) groups is 3. The van der Waals surface area contributed by atoms with E-state index in [4.69, 9.17) is 18.9 Å². The second-order valence-electron chi connectivity index (χ2n) is 18.7. The quantitative estimate of drug-likeness (QED) is 0.0260. The number of allylic oxidation sites excluding steroid dienone is 10. The van der Waals surface area contributed by atoms with E-state index in [0.717, 1.165) is 70.6 Å². The van der Waals surface area contributed by atoms with Gasteiger partial charge in [0, 0.05) is 12.8 Å². The third-order valence-corrected chi connectivity index (χ3v) is 12.4. The Labute approximate surface area is 413 Å². The first-order valence-corrected chi connectivity index (χ1v) is 27.3. The van der Waals surface area contributed by atoms with Crippen LogP contribution in [0.25, 0.3) is 0 Å². The summed E-state index contributed by atoms with van der Waals surface area (Å²) in [6.45, 7) is 3.72. The number of esters is 2. The number of hydrogen-bond acceptors (Lipinski definition) is 10. The Bertz CT molecular complexity index is 1360. The molecule has 0 amide bonds. The molecule has 392 valence electrons. The summed E-state index contributed by atoms with van der Waals surface area (Å²) in [5, 5.41) is 40.0. The predicted molar refractivity (Wildman–Crippen MR) is 275 cm³/mol. The highest BCUT2D eigenvalue weighted by molar-refractivity contribution is 5.73. The number of unbranched alkanes of at least 4 members (excludes halogenated alkanes) is 25. The van der Waals surface area contributed by atoms with Crippen molar-refractivity contribution in [1.82, 2.24) is 0 Å². The van der Waals surface area contributed by atoms with Gasteiger partial charge in [0.15, 0.2) is 18.5 Å². The number of carboxylic acid groups (broad SMARTS) is 1. The van der Waals surface area contributed by atoms with E-state index in [1.54, 1.807) is 0 Å². The molecule has 0 spiro atoms. The lowest BCUT2D eigenvalue weighted by Gasteiger charge is -2.38. The fourth-order valence-corrected chi connectivity index (χ4v) is 8.10. The molecule has 4 N–H and O–H groups in total. The zero-order valence-electron chi connectivity index (χ0n) is 42.8. The standard InChI is InChI=1S/C57H98O11/c1-3-5-7-9-11-13-15-17-19-21-23-25-27-29-31-33-35-37-39-41-43-45-50(58)65-47-49(48-66-57-54(62)52(60)53(61)55(68-57)56(63)64)67-51(59)46-44-42-40-38-36-34-32-30-28-26-24-22-20-18-16-14-12-10-8-6-4-2/h5,7,11,13,17,19,22-25,49,52-55,57,60-62H,3-4,6,8-10,12,14-16,18,20-21,26-48H2,1-2H3,(H,63,64)/b7-5-,13-11-,19-17-,24-22-,25-23-. The van der Waals surface area contributed by atoms with Crippen molar-refractivity contribution in [3.05, 3.63) is 60.8 Å². The van der Waals surface area contributed by atoms with Crippen LogP contribution < -0.4 is 0 Å². The van der Waals surface area contributed by atoms with Crippen LogP contribution in [0.1, 0.15) is 232 Å². The molecule has 11 heteroatoms. The third kappa shape index (κ3) is 36.8. The number of hydrogen-bond donors (Lipinski definition) is 4. The van der Waals surface area contributed by atoms with Crippen LogP contribution in [-0.2, 0) is 33.3 Å². The van der Waals surface area contributed by atoms with Crippen molar-refractivity contribution in [3.8, 4) is 0 Å². The SMILES string of the molecule is CC/C=C\C/C=C\C/C=C\C/C=C\CCCCCCCCCCC(=O)OCC(COC1OC(C(=O)O)C(O)C(O)C1O)OC(=O)CCCCCCCCCCC/C=C\CCCCCCCCCC. The molecular weight excluding hydrogens is 861 g/mol. The Kier molecular flexibility index (Phi) is 42.8. The number of aliphatic hydroxyl groups excluding tert-OH is 3. The van der Waals surface area contributed by atoms with Gasteiger partial charge in [-0.25, -0.2) is 4.79 Å². The summed E-state index contributed by atoms with van der Waals surface area (Å²) >= 11 is 0. The first-order valence-electron chi connectivity index (χ1n) is 27.3. The first-order chi connectivity index (χ1) is 33.2. The van der Waals surface area contributed by atoms with Crippen molar-refractivity contribution in [1.29, 1.82) is 0 Å². The highest BCUT2D eigenvalue weighted by atomic mass is 16.7. The summed E-state index contributed by atoms with van der Waals surface area (Å²) in [4.78, 5) is 37.1. The molecule has 0 bridgehead atoms. The number of carbonyl (C=O) groups excluding carboxylic acids is 2. The molecule has 1 aliphatic rings. The van der Waals surface area contributed by atoms with Gasteiger partial charge in [0.1, 0.15) is 24.9 Å². The van der Waals surface area contributed by atoms with Crippen LogP contribution in [-0.4, -0.2) is 88.4 Å². The number of aliphatic hydroxyl groups is 3. The number of ether oxygens (including phenoxy) is 4. The lowest BCUT2D eigenvalue weighted by Crippen LogP contribution is -2.60. The summed E-state index contributed by atoms with van der Waals surface area (Å²) in [5.41, 5.74) is 0. The average Bonchev–Trinajstić information content (AvgIpc) is 3.32. The Morgan fingerprint density at radius 2 is 0.868 bits per heavy atom. The molecule has 68 heavy (non-hydrogen) atoms. The molecule has 1 aliphatic heterocycles. The minimum Gasteiger partial charge on any atom is -0.479 e. The van der Waals surface area contributed by atoms with E-state index in [-0.39, 0.29) is 19.4 Å². The van der Waals surface area contributed by atoms with Gasteiger partial charge in [-0.15, -0.1) is 0 Å². The first kappa shape index (κ1) is 62.9. The van der Waals surface area contributed by atoms with Gasteiger partial charge in [0.25, 0.3) is 0 Å². The van der Waals surface area contributed by atoms with Crippen LogP contribution in [0, 0.1) is 0 Å². The lowest BCUT2D eigenvalue weighted by molar-refractivity contribution is -0.298. The minimum absolute atomic E-state index is 0.177. The molecule has 0 saturated carbocycles. The van der Waals surface area contributed by atoms with Gasteiger partial charge in [-0.2, -0.15) is 0 Å². The number of rotatable bonds is 46. The minimum atomic E-state index is -1.87. The second-order valence-corrected chi connectivity index (χ2v) is 18.7. The molecule has 0 radical (unpaired) electrons. The molecular formula is C57H98O11. The summed E-state index contributed by atoms with van der Waals surface area (Å²) in [6.07, 6.45) is 49.8. The van der Waals surface area contributed by atoms with Crippen LogP contribution in [0.15, 0.2) is 60.8 Å². The summed E-state index contributed by atoms with van der Waals surface area (Å²) in [7, 11) is 0. The maximum Gasteiger partial charge on any atom is 0.335 e. The third-order valence-electron chi connectivity index (χ3n) is 12.4. The van der Waals surface area contributed by atoms with Crippen molar-refractivity contribution in [2.24, 2.45) is 0 Å². The van der Waals surface area contributed by atoms with Crippen LogP contribution in [0.2, 0.25) is 0 Å². The molecule has 1 saturated heterocycles. The Hall–Kier alpha value is -3.09. The second kappa shape index (κ2) is 46.3. The smallest absolute Gasteiger partial charge is 0.335 e. The molecule has 1 heterocycles. The molecule has 11 nitrogen and oxygen atoms in total. The number of carboxylic acids is 1. The van der Waals surface area contributed by atoms with E-state index in [0.29, 0.717) is 12.8 Å². The fourth-order valence-electron chi connectivity index (χ4n) is 8.10. The average molecular weight is 959 g/mol. The zero-order chi connectivity index (χ0) is 49.6. The van der Waals surface area contributed by atoms with Crippen LogP contribution >= 0.6 is 0 Å². The molecule has 1 rings (SSSR count).